The van der Waals surface area contributed by atoms with E-state index in [1.54, 1.807) is 24.5 Å². The first-order chi connectivity index (χ1) is 20.9. The number of nitrogens with one attached hydrogen (secondary N) is 3. The molecule has 2 atom stereocenters. The minimum Gasteiger partial charge on any atom is -0.465 e. The molecular formula is C31H39N7O6. The van der Waals surface area contributed by atoms with Crippen LogP contribution in [-0.4, -0.2) is 84.2 Å². The van der Waals surface area contributed by atoms with Crippen molar-refractivity contribution in [2.45, 2.75) is 45.8 Å². The molecule has 0 unspecified atom stereocenters. The van der Waals surface area contributed by atoms with Crippen LogP contribution in [0, 0.1) is 5.92 Å². The maximum Gasteiger partial charge on any atom is 0.409 e. The third-order valence-corrected chi connectivity index (χ3v) is 7.40. The summed E-state index contributed by atoms with van der Waals surface area (Å²) in [5.74, 6) is -0.343. The summed E-state index contributed by atoms with van der Waals surface area (Å²) < 4.78 is 10.9. The molecule has 2 aromatic heterocycles. The molecule has 0 radical (unpaired) electrons. The number of carbonyl (C=O) groups is 3. The van der Waals surface area contributed by atoms with E-state index in [4.69, 9.17) is 9.47 Å². The van der Waals surface area contributed by atoms with E-state index in [1.165, 1.54) is 0 Å². The van der Waals surface area contributed by atoms with Gasteiger partial charge in [0.2, 0.25) is 0 Å². The zero-order chi connectivity index (χ0) is 31.4. The molecule has 2 saturated heterocycles. The quantitative estimate of drug-likeness (QED) is 0.314. The largest absolute Gasteiger partial charge is 0.465 e. The number of carbonyl (C=O) groups excluding carboxylic acids is 2. The summed E-state index contributed by atoms with van der Waals surface area (Å²) in [6.45, 7) is 11.5. The minimum atomic E-state index is -1.31. The second-order valence-corrected chi connectivity index (χ2v) is 12.2. The van der Waals surface area contributed by atoms with Crippen molar-refractivity contribution in [1.29, 1.82) is 0 Å². The summed E-state index contributed by atoms with van der Waals surface area (Å²) in [6.07, 6.45) is 2.18. The third kappa shape index (κ3) is 7.64. The monoisotopic (exact) mass is 605 g/mol. The van der Waals surface area contributed by atoms with E-state index < -0.39 is 23.7 Å². The first-order valence-electron chi connectivity index (χ1n) is 14.7. The van der Waals surface area contributed by atoms with E-state index in [9.17, 15) is 19.5 Å². The Morgan fingerprint density at radius 2 is 1.80 bits per heavy atom. The number of benzene rings is 1. The number of morpholine rings is 1. The van der Waals surface area contributed by atoms with Crippen LogP contribution in [0.5, 0.6) is 0 Å². The van der Waals surface area contributed by atoms with Gasteiger partial charge in [0.25, 0.3) is 5.91 Å². The highest BCUT2D eigenvalue weighted by molar-refractivity contribution is 6.11. The first-order valence-corrected chi connectivity index (χ1v) is 14.7. The Morgan fingerprint density at radius 1 is 1.02 bits per heavy atom. The molecule has 234 valence electrons. The second kappa shape index (κ2) is 12.9. The molecule has 0 aliphatic carbocycles. The van der Waals surface area contributed by atoms with Crippen molar-refractivity contribution in [3.05, 3.63) is 48.4 Å². The number of aromatic nitrogens is 2. The van der Waals surface area contributed by atoms with Crippen molar-refractivity contribution in [2.24, 2.45) is 5.92 Å². The predicted octanol–water partition coefficient (Wildman–Crippen LogP) is 4.55. The molecule has 13 nitrogen and oxygen atoms in total. The molecule has 2 aliphatic rings. The van der Waals surface area contributed by atoms with Crippen LogP contribution in [0.1, 0.15) is 44.6 Å². The Balaban J connectivity index is 1.40. The zero-order valence-electron chi connectivity index (χ0n) is 25.4. The Labute approximate surface area is 255 Å². The van der Waals surface area contributed by atoms with E-state index in [2.05, 4.69) is 42.6 Å². The summed E-state index contributed by atoms with van der Waals surface area (Å²) >= 11 is 0. The normalized spacial score (nSPS) is 18.9. The number of rotatable bonds is 6. The van der Waals surface area contributed by atoms with Crippen LogP contribution < -0.4 is 25.8 Å². The van der Waals surface area contributed by atoms with Crippen LogP contribution in [0.15, 0.2) is 42.7 Å². The maximum absolute atomic E-state index is 13.7. The minimum absolute atomic E-state index is 0.0645. The molecule has 4 N–H and O–H groups in total. The number of amides is 3. The van der Waals surface area contributed by atoms with Gasteiger partial charge in [0.1, 0.15) is 5.60 Å². The molecule has 0 bridgehead atoms. The van der Waals surface area contributed by atoms with Gasteiger partial charge in [-0.15, -0.1) is 0 Å². The van der Waals surface area contributed by atoms with Gasteiger partial charge in [0.15, 0.2) is 5.69 Å². The Morgan fingerprint density at radius 3 is 2.52 bits per heavy atom. The van der Waals surface area contributed by atoms with Crippen LogP contribution in [0.2, 0.25) is 0 Å². The molecule has 4 heterocycles. The van der Waals surface area contributed by atoms with Crippen molar-refractivity contribution in [1.82, 2.24) is 15.3 Å². The molecule has 2 fully saturated rings. The molecule has 0 spiro atoms. The van der Waals surface area contributed by atoms with Crippen molar-refractivity contribution in [3.8, 4) is 0 Å². The number of alkyl carbamates (subject to hydrolysis) is 1. The summed E-state index contributed by atoms with van der Waals surface area (Å²) in [6, 6.07) is 8.95. The first kappa shape index (κ1) is 30.8. The van der Waals surface area contributed by atoms with Crippen LogP contribution in [0.3, 0.4) is 0 Å². The molecule has 5 rings (SSSR count). The number of anilines is 4. The van der Waals surface area contributed by atoms with Crippen molar-refractivity contribution >= 4 is 51.7 Å². The fraction of sp³-hybridized carbons (Fsp3) is 0.452. The predicted molar refractivity (Wildman–Crippen MR) is 168 cm³/mol. The summed E-state index contributed by atoms with van der Waals surface area (Å²) in [5.41, 5.74) is 2.06. The lowest BCUT2D eigenvalue weighted by Gasteiger charge is -2.39. The van der Waals surface area contributed by atoms with Gasteiger partial charge in [0, 0.05) is 49.5 Å². The lowest BCUT2D eigenvalue weighted by Crippen LogP contribution is -2.51. The van der Waals surface area contributed by atoms with E-state index in [-0.39, 0.29) is 23.3 Å². The highest BCUT2D eigenvalue weighted by Crippen LogP contribution is 2.31. The van der Waals surface area contributed by atoms with Crippen molar-refractivity contribution in [3.63, 3.8) is 0 Å². The summed E-state index contributed by atoms with van der Waals surface area (Å²) in [5, 5.41) is 18.4. The second-order valence-electron chi connectivity index (χ2n) is 12.2. The molecule has 44 heavy (non-hydrogen) atoms. The average molecular weight is 606 g/mol. The topological polar surface area (TPSA) is 158 Å². The lowest BCUT2D eigenvalue weighted by atomic mass is 9.95. The molecule has 13 heteroatoms. The molecular weight excluding hydrogens is 566 g/mol. The van der Waals surface area contributed by atoms with Crippen LogP contribution in [0.4, 0.5) is 32.3 Å². The van der Waals surface area contributed by atoms with Crippen molar-refractivity contribution in [2.75, 3.05) is 59.8 Å². The number of hydrogen-bond donors (Lipinski definition) is 4. The summed E-state index contributed by atoms with van der Waals surface area (Å²) in [7, 11) is 0. The van der Waals surface area contributed by atoms with E-state index in [1.807, 2.05) is 39.0 Å². The van der Waals surface area contributed by atoms with Crippen LogP contribution in [0.25, 0.3) is 10.9 Å². The number of carboxylic acid groups (broad SMARTS) is 1. The van der Waals surface area contributed by atoms with Gasteiger partial charge >= 0.3 is 12.2 Å². The lowest BCUT2D eigenvalue weighted by molar-refractivity contribution is 0.0495. The Bertz CT molecular complexity index is 1540. The summed E-state index contributed by atoms with van der Waals surface area (Å²) in [4.78, 5) is 50.9. The van der Waals surface area contributed by atoms with Crippen LogP contribution >= 0.6 is 0 Å². The number of fused-ring (bicyclic) bond motifs is 1. The molecule has 1 aromatic carbocycles. The van der Waals surface area contributed by atoms with Gasteiger partial charge in [0.05, 0.1) is 42.0 Å². The van der Waals surface area contributed by atoms with Gasteiger partial charge in [-0.3, -0.25) is 15.1 Å². The van der Waals surface area contributed by atoms with Crippen LogP contribution in [-0.2, 0) is 9.47 Å². The number of hydrogen-bond acceptors (Lipinski definition) is 9. The molecule has 3 amide bonds. The fourth-order valence-corrected chi connectivity index (χ4v) is 5.63. The molecule has 3 aromatic rings. The Kier molecular flexibility index (Phi) is 9.04. The number of nitrogens with zero attached hydrogens (tertiary/aromatic N) is 4. The van der Waals surface area contributed by atoms with Gasteiger partial charge in [-0.1, -0.05) is 13.0 Å². The number of piperidine rings is 1. The third-order valence-electron chi connectivity index (χ3n) is 7.40. The van der Waals surface area contributed by atoms with Gasteiger partial charge in [-0.2, -0.15) is 0 Å². The van der Waals surface area contributed by atoms with Gasteiger partial charge in [-0.05, 0) is 57.4 Å². The zero-order valence-corrected chi connectivity index (χ0v) is 25.4. The van der Waals surface area contributed by atoms with Crippen molar-refractivity contribution < 1.29 is 29.0 Å². The molecule has 2 aliphatic heterocycles. The average Bonchev–Trinajstić information content (AvgIpc) is 2.95. The van der Waals surface area contributed by atoms with E-state index >= 15 is 0 Å². The number of ether oxygens (including phenoxy) is 2. The Hall–Kier alpha value is -4.65. The smallest absolute Gasteiger partial charge is 0.409 e. The van der Waals surface area contributed by atoms with E-state index in [0.29, 0.717) is 42.9 Å². The van der Waals surface area contributed by atoms with Gasteiger partial charge in [-0.25, -0.2) is 14.6 Å². The number of pyridine rings is 2. The molecule has 0 saturated carbocycles. The highest BCUT2D eigenvalue weighted by atomic mass is 16.6. The standard InChI is InChI=1S/C31H39N7O6/c1-19-13-21(33-30(42)44-31(2,3)4)18-38(17-19)26-7-8-32-16-25(26)35-28(39)27-24(36-29(40)41)14-20-5-6-22(15-23(20)34-27)37-9-11-43-12-10-37/h5-8,14-16,19,21,36H,9-13,17-18H2,1-4H3,(H,33,42)(H,35,39)(H,40,41)/t19-,21+/m1/s1. The van der Waals surface area contributed by atoms with Gasteiger partial charge < -0.3 is 35.0 Å². The maximum atomic E-state index is 13.7. The fourth-order valence-electron chi connectivity index (χ4n) is 5.63. The van der Waals surface area contributed by atoms with E-state index in [0.717, 1.165) is 30.9 Å². The highest BCUT2D eigenvalue weighted by Gasteiger charge is 2.29. The SMILES string of the molecule is C[C@@H]1C[C@H](NC(=O)OC(C)(C)C)CN(c2ccncc2NC(=O)c2nc3cc(N4CCOCC4)ccc3cc2NC(=O)O)C1.